The summed E-state index contributed by atoms with van der Waals surface area (Å²) in [5.41, 5.74) is 1.99. The van der Waals surface area contributed by atoms with Gasteiger partial charge in [-0.3, -0.25) is 14.4 Å². The molecular weight excluding hydrogens is 608 g/mol. The van der Waals surface area contributed by atoms with Crippen LogP contribution >= 0.6 is 0 Å². The van der Waals surface area contributed by atoms with Crippen LogP contribution in [0, 0.1) is 5.92 Å². The molecule has 0 unspecified atom stereocenters. The third-order valence-corrected chi connectivity index (χ3v) is 9.86. The highest BCUT2D eigenvalue weighted by Crippen LogP contribution is 2.42. The Hall–Kier alpha value is -3.99. The Morgan fingerprint density at radius 2 is 1.90 bits per heavy atom. The van der Waals surface area contributed by atoms with Gasteiger partial charge in [0.15, 0.2) is 0 Å². The molecule has 10 heteroatoms. The van der Waals surface area contributed by atoms with E-state index in [9.17, 15) is 19.5 Å². The third-order valence-electron chi connectivity index (χ3n) is 9.86. The van der Waals surface area contributed by atoms with Crippen LogP contribution < -0.4 is 20.7 Å². The van der Waals surface area contributed by atoms with Crippen molar-refractivity contribution in [2.45, 2.75) is 88.7 Å². The number of ether oxygens (including phenoxy) is 2. The van der Waals surface area contributed by atoms with E-state index in [-0.39, 0.29) is 48.8 Å². The molecule has 2 aromatic carbocycles. The number of hydrogen-bond acceptors (Lipinski definition) is 7. The third kappa shape index (κ3) is 8.35. The lowest BCUT2D eigenvalue weighted by Gasteiger charge is -2.36. The summed E-state index contributed by atoms with van der Waals surface area (Å²) in [6, 6.07) is 14.0. The Morgan fingerprint density at radius 1 is 1.15 bits per heavy atom. The highest BCUT2D eigenvalue weighted by Gasteiger charge is 2.53. The van der Waals surface area contributed by atoms with Crippen LogP contribution in [0.4, 0.5) is 0 Å². The predicted molar refractivity (Wildman–Crippen MR) is 186 cm³/mol. The second-order valence-corrected chi connectivity index (χ2v) is 12.9. The number of aliphatic hydroxyl groups is 1. The average molecular weight is 661 g/mol. The molecule has 4 rings (SSSR count). The van der Waals surface area contributed by atoms with Gasteiger partial charge in [-0.15, -0.1) is 13.2 Å². The first-order valence-electron chi connectivity index (χ1n) is 16.9. The van der Waals surface area contributed by atoms with E-state index in [1.54, 1.807) is 24.2 Å². The Kier molecular flexibility index (Phi) is 13.0. The normalized spacial score (nSPS) is 22.7. The molecule has 0 spiro atoms. The van der Waals surface area contributed by atoms with E-state index in [1.807, 2.05) is 62.4 Å². The second kappa shape index (κ2) is 16.9. The maximum atomic E-state index is 14.1. The van der Waals surface area contributed by atoms with Crippen molar-refractivity contribution in [2.24, 2.45) is 5.92 Å². The van der Waals surface area contributed by atoms with Crippen LogP contribution in [0.3, 0.4) is 0 Å². The standard InChI is InChI=1S/C38H52N4O6/c1-7-13-33(42-19-18-38(37(42)46,25(4)9-3)41-26(5)43)36(45)40-32(21-27-14-11-10-12-15-27)34(44)24-39-31-23-35(48-20-8-2)29-17-16-28(47-6)22-30(29)31/h7-8,10-12,14-17,22,25,31-35,39,44H,1-2,9,13,18-21,23-24H2,3-6H3,(H,40,45)(H,41,43)/t25-,31-,32-,33-,34+,35+,38-/m0/s1. The minimum atomic E-state index is -1.07. The van der Waals surface area contributed by atoms with E-state index in [0.29, 0.717) is 38.8 Å². The lowest BCUT2D eigenvalue weighted by atomic mass is 9.81. The maximum absolute atomic E-state index is 14.1. The first kappa shape index (κ1) is 36.8. The number of nitrogens with one attached hydrogen (secondary N) is 3. The molecule has 1 saturated heterocycles. The van der Waals surface area contributed by atoms with Crippen LogP contribution in [-0.2, 0) is 25.5 Å². The van der Waals surface area contributed by atoms with Crippen molar-refractivity contribution in [2.75, 3.05) is 26.8 Å². The summed E-state index contributed by atoms with van der Waals surface area (Å²) < 4.78 is 11.5. The van der Waals surface area contributed by atoms with Crippen LogP contribution in [0.1, 0.15) is 75.3 Å². The second-order valence-electron chi connectivity index (χ2n) is 12.9. The van der Waals surface area contributed by atoms with Crippen molar-refractivity contribution < 1.29 is 29.0 Å². The molecule has 7 atom stereocenters. The van der Waals surface area contributed by atoms with Crippen molar-refractivity contribution in [3.05, 3.63) is 90.5 Å². The Morgan fingerprint density at radius 3 is 2.54 bits per heavy atom. The Labute approximate surface area is 285 Å². The largest absolute Gasteiger partial charge is 0.497 e. The minimum Gasteiger partial charge on any atom is -0.497 e. The molecule has 0 aromatic heterocycles. The van der Waals surface area contributed by atoms with E-state index in [2.05, 4.69) is 29.1 Å². The molecule has 3 amide bonds. The fourth-order valence-corrected chi connectivity index (χ4v) is 7.07. The van der Waals surface area contributed by atoms with Gasteiger partial charge < -0.3 is 35.4 Å². The topological polar surface area (TPSA) is 129 Å². The predicted octanol–water partition coefficient (Wildman–Crippen LogP) is 4.16. The lowest BCUT2D eigenvalue weighted by molar-refractivity contribution is -0.144. The molecule has 0 bridgehead atoms. The summed E-state index contributed by atoms with van der Waals surface area (Å²) in [5.74, 6) is -0.303. The van der Waals surface area contributed by atoms with Crippen molar-refractivity contribution >= 4 is 17.7 Å². The number of amides is 3. The molecule has 48 heavy (non-hydrogen) atoms. The molecule has 1 aliphatic heterocycles. The van der Waals surface area contributed by atoms with Crippen molar-refractivity contribution in [3.63, 3.8) is 0 Å². The van der Waals surface area contributed by atoms with Crippen molar-refractivity contribution in [3.8, 4) is 5.75 Å². The molecule has 1 aliphatic carbocycles. The first-order valence-corrected chi connectivity index (χ1v) is 16.9. The monoisotopic (exact) mass is 660 g/mol. The van der Waals surface area contributed by atoms with Crippen molar-refractivity contribution in [1.29, 1.82) is 0 Å². The highest BCUT2D eigenvalue weighted by molar-refractivity contribution is 5.96. The number of carbonyl (C=O) groups excluding carboxylic acids is 3. The molecule has 1 heterocycles. The zero-order valence-electron chi connectivity index (χ0n) is 28.7. The fraction of sp³-hybridized carbons (Fsp3) is 0.500. The average Bonchev–Trinajstić information content (AvgIpc) is 3.60. The van der Waals surface area contributed by atoms with Crippen LogP contribution in [0.5, 0.6) is 5.75 Å². The highest BCUT2D eigenvalue weighted by atomic mass is 16.5. The van der Waals surface area contributed by atoms with E-state index >= 15 is 0 Å². The number of aliphatic hydroxyl groups excluding tert-OH is 1. The fourth-order valence-electron chi connectivity index (χ4n) is 7.07. The van der Waals surface area contributed by atoms with Gasteiger partial charge in [0, 0.05) is 26.1 Å². The zero-order chi connectivity index (χ0) is 34.8. The summed E-state index contributed by atoms with van der Waals surface area (Å²) in [6.45, 7) is 13.9. The quantitative estimate of drug-likeness (QED) is 0.177. The number of nitrogens with zero attached hydrogens (tertiary/aromatic N) is 1. The Bertz CT molecular complexity index is 1430. The van der Waals surface area contributed by atoms with Gasteiger partial charge in [0.1, 0.15) is 17.3 Å². The molecular formula is C38H52N4O6. The molecule has 2 aliphatic rings. The molecule has 260 valence electrons. The number of carbonyl (C=O) groups is 3. The summed E-state index contributed by atoms with van der Waals surface area (Å²) >= 11 is 0. The van der Waals surface area contributed by atoms with Gasteiger partial charge in [-0.25, -0.2) is 0 Å². The van der Waals surface area contributed by atoms with Crippen molar-refractivity contribution in [1.82, 2.24) is 20.9 Å². The summed E-state index contributed by atoms with van der Waals surface area (Å²) in [5, 5.41) is 21.2. The SMILES string of the molecule is C=CCO[C@@H]1C[C@H](NC[C@@H](O)[C@H](Cc2ccccc2)NC(=O)[C@H](CC=C)N2CC[C@](NC(C)=O)([C@@H](C)CC)C2=O)c2cc(OC)ccc21. The van der Waals surface area contributed by atoms with Crippen LogP contribution in [0.2, 0.25) is 0 Å². The van der Waals surface area contributed by atoms with E-state index in [0.717, 1.165) is 22.4 Å². The van der Waals surface area contributed by atoms with Crippen LogP contribution in [-0.4, -0.2) is 78.3 Å². The van der Waals surface area contributed by atoms with Crippen LogP contribution in [0.25, 0.3) is 0 Å². The molecule has 10 nitrogen and oxygen atoms in total. The van der Waals surface area contributed by atoms with Gasteiger partial charge in [-0.05, 0) is 60.4 Å². The van der Waals surface area contributed by atoms with Gasteiger partial charge in [0.05, 0.1) is 32.0 Å². The number of rotatable bonds is 18. The van der Waals surface area contributed by atoms with Crippen LogP contribution in [0.15, 0.2) is 73.8 Å². The maximum Gasteiger partial charge on any atom is 0.249 e. The Balaban J connectivity index is 1.54. The van der Waals surface area contributed by atoms with E-state index in [1.165, 1.54) is 6.92 Å². The summed E-state index contributed by atoms with van der Waals surface area (Å²) in [4.78, 5) is 41.8. The number of fused-ring (bicyclic) bond motifs is 1. The smallest absolute Gasteiger partial charge is 0.249 e. The number of hydrogen-bond donors (Lipinski definition) is 4. The van der Waals surface area contributed by atoms with Gasteiger partial charge in [-0.1, -0.05) is 68.8 Å². The molecule has 0 saturated carbocycles. The zero-order valence-corrected chi connectivity index (χ0v) is 28.7. The summed E-state index contributed by atoms with van der Waals surface area (Å²) in [6.07, 6.45) is 4.64. The van der Waals surface area contributed by atoms with E-state index < -0.39 is 23.7 Å². The molecule has 4 N–H and O–H groups in total. The summed E-state index contributed by atoms with van der Waals surface area (Å²) in [7, 11) is 1.63. The first-order chi connectivity index (χ1) is 23.1. The number of benzene rings is 2. The molecule has 1 fully saturated rings. The van der Waals surface area contributed by atoms with Gasteiger partial charge in [-0.2, -0.15) is 0 Å². The minimum absolute atomic E-state index is 0.106. The molecule has 0 radical (unpaired) electrons. The van der Waals surface area contributed by atoms with Gasteiger partial charge in [0.25, 0.3) is 0 Å². The molecule has 2 aromatic rings. The number of likely N-dealkylation sites (tertiary alicyclic amines) is 1. The van der Waals surface area contributed by atoms with Gasteiger partial charge >= 0.3 is 0 Å². The van der Waals surface area contributed by atoms with Gasteiger partial charge in [0.2, 0.25) is 17.7 Å². The van der Waals surface area contributed by atoms with E-state index in [4.69, 9.17) is 9.47 Å². The lowest BCUT2D eigenvalue weighted by Crippen LogP contribution is -2.60. The number of methoxy groups -OCH3 is 1.